The van der Waals surface area contributed by atoms with Crippen molar-refractivity contribution in [1.82, 2.24) is 20.4 Å². The molecule has 1 aromatic heterocycles. The van der Waals surface area contributed by atoms with Crippen LogP contribution in [0.3, 0.4) is 0 Å². The minimum absolute atomic E-state index is 0.0283. The van der Waals surface area contributed by atoms with Crippen LogP contribution in [0.4, 0.5) is 35.1 Å². The summed E-state index contributed by atoms with van der Waals surface area (Å²) in [4.78, 5) is 40.4. The largest absolute Gasteiger partial charge is 0.435 e. The van der Waals surface area contributed by atoms with Gasteiger partial charge in [-0.15, -0.1) is 0 Å². The Hall–Kier alpha value is -5.87. The van der Waals surface area contributed by atoms with Gasteiger partial charge in [-0.1, -0.05) is 144 Å². The number of aliphatic imine (C=N–C) groups is 1. The maximum Gasteiger partial charge on any atom is 0.435 e. The number of aldehydes is 2. The molecule has 1 aliphatic rings. The predicted molar refractivity (Wildman–Crippen MR) is 295 cm³/mol. The zero-order valence-electron chi connectivity index (χ0n) is 47.2. The molecule has 5 unspecified atom stereocenters. The molecule has 17 heteroatoms. The molecule has 0 radical (unpaired) electrons. The number of carbonyl (C=O) groups is 3. The van der Waals surface area contributed by atoms with Crippen LogP contribution in [-0.4, -0.2) is 59.8 Å². The Morgan fingerprint density at radius 1 is 0.961 bits per heavy atom. The van der Waals surface area contributed by atoms with Gasteiger partial charge in [-0.25, -0.2) is 0 Å². The molecule has 426 valence electrons. The number of aromatic nitrogens is 2. The molecule has 1 amide bonds. The molecule has 0 aliphatic heterocycles. The maximum atomic E-state index is 13.7. The van der Waals surface area contributed by atoms with Gasteiger partial charge in [0.05, 0.1) is 17.8 Å². The van der Waals surface area contributed by atoms with Gasteiger partial charge in [-0.2, -0.15) is 40.2 Å². The molecular weight excluding hydrogens is 993 g/mol. The molecule has 0 bridgehead atoms. The van der Waals surface area contributed by atoms with Gasteiger partial charge in [-0.05, 0) is 115 Å². The molecule has 1 fully saturated rings. The third-order valence-corrected chi connectivity index (χ3v) is 12.1. The summed E-state index contributed by atoms with van der Waals surface area (Å²) in [7, 11) is 1.77. The summed E-state index contributed by atoms with van der Waals surface area (Å²) in [5, 5.41) is 8.60. The van der Waals surface area contributed by atoms with Crippen LogP contribution in [0.25, 0.3) is 11.1 Å². The molecule has 0 spiro atoms. The number of hydrogen-bond donors (Lipinski definition) is 3. The first-order chi connectivity index (χ1) is 35.5. The van der Waals surface area contributed by atoms with Crippen molar-refractivity contribution in [2.24, 2.45) is 46.2 Å². The van der Waals surface area contributed by atoms with Gasteiger partial charge < -0.3 is 21.2 Å². The topological polar surface area (TPSA) is 131 Å². The van der Waals surface area contributed by atoms with E-state index in [1.54, 1.807) is 53.0 Å². The molecule has 0 saturated heterocycles. The summed E-state index contributed by atoms with van der Waals surface area (Å²) in [6, 6.07) is 9.85. The number of nitrogens with one attached hydrogen (secondary N) is 2. The van der Waals surface area contributed by atoms with E-state index in [-0.39, 0.29) is 30.5 Å². The Labute approximate surface area is 448 Å². The molecule has 9 nitrogen and oxygen atoms in total. The summed E-state index contributed by atoms with van der Waals surface area (Å²) >= 11 is 0. The number of benzene rings is 1. The fourth-order valence-corrected chi connectivity index (χ4v) is 7.72. The van der Waals surface area contributed by atoms with E-state index in [9.17, 15) is 49.5 Å². The predicted octanol–water partition coefficient (Wildman–Crippen LogP) is 15.4. The number of rotatable bonds is 25. The molecule has 1 saturated carbocycles. The van der Waals surface area contributed by atoms with E-state index in [0.29, 0.717) is 30.1 Å². The fraction of sp³-hybridized carbons (Fsp3) is 0.542. The number of nitrogens with two attached hydrogens (primary N) is 1. The van der Waals surface area contributed by atoms with Crippen molar-refractivity contribution in [3.8, 4) is 0 Å². The zero-order chi connectivity index (χ0) is 58.6. The number of alkyl halides is 8. The molecule has 4 N–H and O–H groups in total. The molecule has 5 atom stereocenters. The van der Waals surface area contributed by atoms with Gasteiger partial charge in [0.1, 0.15) is 12.6 Å². The first-order valence-electron chi connectivity index (χ1n) is 26.1. The highest BCUT2D eigenvalue weighted by molar-refractivity contribution is 5.89. The Bertz CT molecular complexity index is 2300. The van der Waals surface area contributed by atoms with Crippen LogP contribution in [0.1, 0.15) is 157 Å². The SMILES string of the molecule is C=C/C(=C\C(C=NC)=C(\N)C(C)C)c1ccc(C2CC2CCC)cc1.CC.CC/C=C/C(=C\NC(F)F)CC(C(=O)NC(C)(C)Cn1nc(C(F)(F)F)cc1C(/C=C\C=O)=C/C(C)C)C(C)C(C)C=O.CCC(F)(F)F. The number of nitrogens with zero attached hydrogens (tertiary/aromatic N) is 3. The number of amides is 1. The van der Waals surface area contributed by atoms with Gasteiger partial charge in [0.2, 0.25) is 5.91 Å². The average molecular weight is 1080 g/mol. The van der Waals surface area contributed by atoms with Crippen molar-refractivity contribution in [3.63, 3.8) is 0 Å². The van der Waals surface area contributed by atoms with Crippen LogP contribution in [0.15, 0.2) is 107 Å². The van der Waals surface area contributed by atoms with Crippen molar-refractivity contribution in [2.45, 2.75) is 165 Å². The lowest BCUT2D eigenvalue weighted by Gasteiger charge is -2.32. The second kappa shape index (κ2) is 34.7. The van der Waals surface area contributed by atoms with E-state index in [2.05, 4.69) is 73.1 Å². The summed E-state index contributed by atoms with van der Waals surface area (Å²) in [6.07, 6.45) is 11.0. The Morgan fingerprint density at radius 2 is 1.57 bits per heavy atom. The van der Waals surface area contributed by atoms with Gasteiger partial charge in [-0.3, -0.25) is 19.3 Å². The Kier molecular flexibility index (Phi) is 32.0. The van der Waals surface area contributed by atoms with E-state index in [0.717, 1.165) is 52.6 Å². The van der Waals surface area contributed by atoms with E-state index < -0.39 is 60.2 Å². The number of halogens is 8. The molecule has 1 aliphatic carbocycles. The summed E-state index contributed by atoms with van der Waals surface area (Å²) in [5.74, 6) is -0.492. The standard InChI is InChI=1S/C31H43F5N4O3.C23H32N2.C3H5F3.C2H6/c1-8-9-11-23(17-37-29(32)33)15-25(22(5)21(4)18-42)28(43)38-30(6,7)19-40-26(16-27(39-40)31(34,35)36)24(12-10-13-41)14-20(2)3;1-6-8-20-14-22(20)19-11-9-18(10-12-19)17(7-2)13-21(15-25-5)23(24)16(3)4;1-2-3(4,5)6;1-2/h9-14,16-18,20-22,25,29,37H,8,15,19H2,1-7H3,(H,38,43);7,9-13,15-16,20,22H,2,6,8,14,24H2,1,3-5H3;2H2,1H3;1-2H3/b11-9+,12-10-,23-17+,24-14+;17-13+,23-21-,25-15?;;. The number of carbonyl (C=O) groups excluding carboxylic acids is 3. The maximum absolute atomic E-state index is 13.7. The molecule has 3 rings (SSSR count). The lowest BCUT2D eigenvalue weighted by Crippen LogP contribution is -2.50. The highest BCUT2D eigenvalue weighted by Crippen LogP contribution is 2.50. The lowest BCUT2D eigenvalue weighted by molar-refractivity contribution is -0.141. The van der Waals surface area contributed by atoms with E-state index in [4.69, 9.17) is 5.73 Å². The van der Waals surface area contributed by atoms with Crippen LogP contribution in [0.5, 0.6) is 0 Å². The van der Waals surface area contributed by atoms with Crippen molar-refractivity contribution < 1.29 is 49.5 Å². The first-order valence-corrected chi connectivity index (χ1v) is 26.1. The van der Waals surface area contributed by atoms with Crippen molar-refractivity contribution in [2.75, 3.05) is 7.05 Å². The molecule has 2 aromatic rings. The van der Waals surface area contributed by atoms with Crippen LogP contribution in [-0.2, 0) is 27.1 Å². The van der Waals surface area contributed by atoms with Gasteiger partial charge in [0, 0.05) is 49.0 Å². The Morgan fingerprint density at radius 3 is 2.03 bits per heavy atom. The fourth-order valence-electron chi connectivity index (χ4n) is 7.72. The van der Waals surface area contributed by atoms with Crippen LogP contribution in [0.2, 0.25) is 0 Å². The van der Waals surface area contributed by atoms with Crippen molar-refractivity contribution >= 4 is 35.8 Å². The first kappa shape index (κ1) is 70.1. The van der Waals surface area contributed by atoms with Gasteiger partial charge in [0.25, 0.3) is 0 Å². The molecular formula is C59H86F8N6O3. The van der Waals surface area contributed by atoms with Crippen LogP contribution >= 0.6 is 0 Å². The Balaban J connectivity index is 0.00000142. The summed E-state index contributed by atoms with van der Waals surface area (Å²) < 4.78 is 100. The van der Waals surface area contributed by atoms with Gasteiger partial charge in [0.15, 0.2) is 5.69 Å². The summed E-state index contributed by atoms with van der Waals surface area (Å²) in [6.45, 7) is 24.7. The monoisotopic (exact) mass is 1080 g/mol. The van der Waals surface area contributed by atoms with E-state index in [1.165, 1.54) is 42.5 Å². The number of hydrogen-bond acceptors (Lipinski definition) is 7. The lowest BCUT2D eigenvalue weighted by atomic mass is 9.80. The molecule has 76 heavy (non-hydrogen) atoms. The normalized spacial score (nSPS) is 17.0. The highest BCUT2D eigenvalue weighted by atomic mass is 19.4. The smallest absolute Gasteiger partial charge is 0.401 e. The van der Waals surface area contributed by atoms with Crippen LogP contribution < -0.4 is 16.4 Å². The summed E-state index contributed by atoms with van der Waals surface area (Å²) in [5.41, 5.74) is 10.4. The second-order valence-electron chi connectivity index (χ2n) is 19.7. The second-order valence-corrected chi connectivity index (χ2v) is 19.7. The van der Waals surface area contributed by atoms with Gasteiger partial charge >= 0.3 is 18.9 Å². The van der Waals surface area contributed by atoms with E-state index >= 15 is 0 Å². The quantitative estimate of drug-likeness (QED) is 0.0227. The minimum atomic E-state index is -4.74. The highest BCUT2D eigenvalue weighted by Gasteiger charge is 2.38. The number of allylic oxidation sites excluding steroid dienone is 12. The van der Waals surface area contributed by atoms with E-state index in [1.807, 2.05) is 52.2 Å². The molecule has 1 heterocycles. The van der Waals surface area contributed by atoms with Crippen molar-refractivity contribution in [1.29, 1.82) is 0 Å². The van der Waals surface area contributed by atoms with Crippen molar-refractivity contribution in [3.05, 3.63) is 125 Å². The molecule has 1 aromatic carbocycles. The average Bonchev–Trinajstić information content (AvgIpc) is 4.00. The zero-order valence-corrected chi connectivity index (χ0v) is 47.2. The minimum Gasteiger partial charge on any atom is -0.401 e. The van der Waals surface area contributed by atoms with Crippen LogP contribution in [0, 0.1) is 35.5 Å². The third kappa shape index (κ3) is 26.3. The third-order valence-electron chi connectivity index (χ3n) is 12.1.